The van der Waals surface area contributed by atoms with Crippen molar-refractivity contribution in [2.75, 3.05) is 51.3 Å². The number of anilines is 1. The van der Waals surface area contributed by atoms with E-state index in [4.69, 9.17) is 26.2 Å². The van der Waals surface area contributed by atoms with Crippen LogP contribution in [0.15, 0.2) is 36.7 Å². The van der Waals surface area contributed by atoms with Gasteiger partial charge in [-0.15, -0.1) is 0 Å². The number of amides is 2. The zero-order valence-corrected chi connectivity index (χ0v) is 23.8. The number of likely N-dealkylation sites (N-methyl/N-ethyl adjacent to an activating group) is 1. The van der Waals surface area contributed by atoms with Crippen molar-refractivity contribution in [3.05, 3.63) is 42.2 Å². The number of carboxylic acid groups (broad SMARTS) is 2. The molecule has 2 amide bonds. The maximum atomic E-state index is 12.5. The molecule has 1 aromatic heterocycles. The molecule has 0 saturated carbocycles. The first-order valence-electron chi connectivity index (χ1n) is 13.0. The SMILES string of the molecule is CN(CC(N)=O)Cc1cccc(-c2cnc(N3CCN(C(=O)C(C)(C)CO)CC3)nc2)c1.O=C(O)C(O)C(O)C(=O)O. The summed E-state index contributed by atoms with van der Waals surface area (Å²) in [6.45, 7) is 6.62. The number of aromatic nitrogens is 2. The van der Waals surface area contributed by atoms with Gasteiger partial charge in [-0.3, -0.25) is 14.5 Å². The van der Waals surface area contributed by atoms with Gasteiger partial charge in [0.1, 0.15) is 0 Å². The molecule has 1 aliphatic rings. The first kappa shape index (κ1) is 34.0. The highest BCUT2D eigenvalue weighted by Gasteiger charge is 2.33. The van der Waals surface area contributed by atoms with Crippen LogP contribution in [0, 0.1) is 5.41 Å². The number of benzene rings is 1. The fourth-order valence-electron chi connectivity index (χ4n) is 3.99. The van der Waals surface area contributed by atoms with E-state index < -0.39 is 29.6 Å². The Morgan fingerprint density at radius 2 is 1.52 bits per heavy atom. The highest BCUT2D eigenvalue weighted by atomic mass is 16.4. The van der Waals surface area contributed by atoms with Crippen molar-refractivity contribution >= 4 is 29.7 Å². The molecule has 15 nitrogen and oxygen atoms in total. The minimum atomic E-state index is -2.27. The molecule has 1 aliphatic heterocycles. The molecular formula is C27H38N6O9. The van der Waals surface area contributed by atoms with Crippen molar-refractivity contribution in [2.45, 2.75) is 32.6 Å². The summed E-state index contributed by atoms with van der Waals surface area (Å²) in [6.07, 6.45) is -0.919. The van der Waals surface area contributed by atoms with Gasteiger partial charge < -0.3 is 41.1 Å². The maximum Gasteiger partial charge on any atom is 0.335 e. The van der Waals surface area contributed by atoms with Gasteiger partial charge in [0, 0.05) is 50.7 Å². The largest absolute Gasteiger partial charge is 0.479 e. The topological polar surface area (TPSA) is 231 Å². The number of rotatable bonds is 11. The normalized spacial score (nSPS) is 14.9. The number of aliphatic hydroxyl groups excluding tert-OH is 3. The van der Waals surface area contributed by atoms with Crippen LogP contribution in [0.3, 0.4) is 0 Å². The molecule has 15 heteroatoms. The molecule has 3 rings (SSSR count). The number of carbonyl (C=O) groups is 4. The van der Waals surface area contributed by atoms with Gasteiger partial charge >= 0.3 is 11.9 Å². The van der Waals surface area contributed by atoms with Crippen LogP contribution >= 0.6 is 0 Å². The zero-order chi connectivity index (χ0) is 31.6. The van der Waals surface area contributed by atoms with Crippen molar-refractivity contribution in [3.8, 4) is 11.1 Å². The Hall–Kier alpha value is -4.18. The van der Waals surface area contributed by atoms with Gasteiger partial charge in [-0.05, 0) is 38.1 Å². The number of hydrogen-bond acceptors (Lipinski definition) is 11. The van der Waals surface area contributed by atoms with E-state index in [2.05, 4.69) is 20.9 Å². The molecule has 2 atom stereocenters. The van der Waals surface area contributed by atoms with Gasteiger partial charge in [-0.1, -0.05) is 18.2 Å². The van der Waals surface area contributed by atoms with Crippen molar-refractivity contribution in [3.63, 3.8) is 0 Å². The van der Waals surface area contributed by atoms with Crippen LogP contribution in [0.2, 0.25) is 0 Å². The van der Waals surface area contributed by atoms with E-state index in [-0.39, 0.29) is 25.0 Å². The van der Waals surface area contributed by atoms with Gasteiger partial charge in [-0.25, -0.2) is 19.6 Å². The molecule has 42 heavy (non-hydrogen) atoms. The summed E-state index contributed by atoms with van der Waals surface area (Å²) in [5.74, 6) is -3.28. The number of piperazine rings is 1. The molecule has 0 aliphatic carbocycles. The number of nitrogens with zero attached hydrogens (tertiary/aromatic N) is 5. The van der Waals surface area contributed by atoms with Gasteiger partial charge in [0.05, 0.1) is 18.6 Å². The second-order valence-corrected chi connectivity index (χ2v) is 10.5. The third-order valence-corrected chi connectivity index (χ3v) is 6.41. The number of aliphatic hydroxyl groups is 3. The van der Waals surface area contributed by atoms with E-state index in [1.165, 1.54) is 0 Å². The highest BCUT2D eigenvalue weighted by Crippen LogP contribution is 2.23. The van der Waals surface area contributed by atoms with Crippen LogP contribution in [0.25, 0.3) is 11.1 Å². The fourth-order valence-corrected chi connectivity index (χ4v) is 3.99. The highest BCUT2D eigenvalue weighted by molar-refractivity contribution is 5.83. The predicted molar refractivity (Wildman–Crippen MR) is 150 cm³/mol. The smallest absolute Gasteiger partial charge is 0.335 e. The van der Waals surface area contributed by atoms with E-state index in [1.54, 1.807) is 31.1 Å². The Morgan fingerprint density at radius 3 is 2.00 bits per heavy atom. The van der Waals surface area contributed by atoms with Crippen LogP contribution in [0.5, 0.6) is 0 Å². The minimum Gasteiger partial charge on any atom is -0.479 e. The lowest BCUT2D eigenvalue weighted by atomic mass is 9.92. The van der Waals surface area contributed by atoms with E-state index >= 15 is 0 Å². The number of nitrogens with two attached hydrogens (primary N) is 1. The van der Waals surface area contributed by atoms with E-state index in [1.807, 2.05) is 30.1 Å². The first-order chi connectivity index (χ1) is 19.7. The molecular weight excluding hydrogens is 552 g/mol. The molecule has 0 spiro atoms. The van der Waals surface area contributed by atoms with Crippen LogP contribution in [0.4, 0.5) is 5.95 Å². The predicted octanol–water partition coefficient (Wildman–Crippen LogP) is -1.39. The fraction of sp³-hybridized carbons (Fsp3) is 0.481. The van der Waals surface area contributed by atoms with E-state index in [0.29, 0.717) is 38.7 Å². The van der Waals surface area contributed by atoms with E-state index in [0.717, 1.165) is 16.7 Å². The number of carboxylic acids is 2. The molecule has 0 radical (unpaired) electrons. The molecule has 0 bridgehead atoms. The zero-order valence-electron chi connectivity index (χ0n) is 23.8. The van der Waals surface area contributed by atoms with Gasteiger partial charge in [0.15, 0.2) is 12.2 Å². The first-order valence-corrected chi connectivity index (χ1v) is 13.0. The van der Waals surface area contributed by atoms with Crippen molar-refractivity contribution < 1.29 is 44.7 Å². The van der Waals surface area contributed by atoms with Gasteiger partial charge in [-0.2, -0.15) is 0 Å². The maximum absolute atomic E-state index is 12.5. The molecule has 1 aromatic carbocycles. The second kappa shape index (κ2) is 15.2. The molecule has 2 unspecified atom stereocenters. The van der Waals surface area contributed by atoms with Crippen molar-refractivity contribution in [2.24, 2.45) is 11.1 Å². The molecule has 7 N–H and O–H groups in total. The summed E-state index contributed by atoms with van der Waals surface area (Å²) in [4.78, 5) is 58.0. The van der Waals surface area contributed by atoms with E-state index in [9.17, 15) is 24.3 Å². The Kier molecular flexibility index (Phi) is 12.3. The number of aliphatic carboxylic acids is 2. The Morgan fingerprint density at radius 1 is 0.976 bits per heavy atom. The Bertz CT molecular complexity index is 1210. The van der Waals surface area contributed by atoms with Crippen LogP contribution in [-0.4, -0.2) is 128 Å². The molecule has 230 valence electrons. The van der Waals surface area contributed by atoms with Crippen LogP contribution in [-0.2, 0) is 25.7 Å². The van der Waals surface area contributed by atoms with Crippen LogP contribution in [0.1, 0.15) is 19.4 Å². The lowest BCUT2D eigenvalue weighted by Crippen LogP contribution is -2.53. The van der Waals surface area contributed by atoms with Crippen molar-refractivity contribution in [1.82, 2.24) is 19.8 Å². The summed E-state index contributed by atoms with van der Waals surface area (Å²) in [7, 11) is 1.85. The lowest BCUT2D eigenvalue weighted by molar-refractivity contribution is -0.165. The average Bonchev–Trinajstić information content (AvgIpc) is 2.96. The summed E-state index contributed by atoms with van der Waals surface area (Å²) >= 11 is 0. The van der Waals surface area contributed by atoms with Crippen LogP contribution < -0.4 is 10.6 Å². The summed E-state index contributed by atoms with van der Waals surface area (Å²) in [5.41, 5.74) is 7.48. The number of hydrogen-bond donors (Lipinski definition) is 6. The second-order valence-electron chi connectivity index (χ2n) is 10.5. The Labute approximate surface area is 242 Å². The molecule has 1 fully saturated rings. The lowest BCUT2D eigenvalue weighted by Gasteiger charge is -2.38. The van der Waals surface area contributed by atoms with Gasteiger partial charge in [0.2, 0.25) is 17.8 Å². The molecule has 2 heterocycles. The number of carbonyl (C=O) groups excluding carboxylic acids is 2. The Balaban J connectivity index is 0.000000528. The summed E-state index contributed by atoms with van der Waals surface area (Å²) in [5, 5.41) is 42.0. The van der Waals surface area contributed by atoms with Crippen molar-refractivity contribution in [1.29, 1.82) is 0 Å². The molecule has 2 aromatic rings. The van der Waals surface area contributed by atoms with Gasteiger partial charge in [0.25, 0.3) is 0 Å². The standard InChI is InChI=1S/C23H32N6O3.C4H6O6/c1-23(2,16-30)21(32)28-7-9-29(10-8-28)22-25-12-19(13-26-22)18-6-4-5-17(11-18)14-27(3)15-20(24)31;5-1(3(7)8)2(6)4(9)10/h4-6,11-13,30H,7-10,14-16H2,1-3H3,(H2,24,31);1-2,5-6H,(H,7,8)(H,9,10). The summed E-state index contributed by atoms with van der Waals surface area (Å²) in [6, 6.07) is 8.04. The minimum absolute atomic E-state index is 0.0303. The third-order valence-electron chi connectivity index (χ3n) is 6.41. The third kappa shape index (κ3) is 9.73. The quantitative estimate of drug-likeness (QED) is 0.177. The summed E-state index contributed by atoms with van der Waals surface area (Å²) < 4.78 is 0. The monoisotopic (exact) mass is 590 g/mol. The number of primary amides is 1. The average molecular weight is 591 g/mol. The molecule has 1 saturated heterocycles.